The summed E-state index contributed by atoms with van der Waals surface area (Å²) in [4.78, 5) is 28.4. The molecule has 0 aliphatic rings. The molecular weight excluding hydrogens is 436 g/mol. The van der Waals surface area contributed by atoms with E-state index in [1.54, 1.807) is 54.6 Å². The highest BCUT2D eigenvalue weighted by atomic mass is 32.2. The predicted molar refractivity (Wildman–Crippen MR) is 120 cm³/mol. The molecule has 166 valence electrons. The van der Waals surface area contributed by atoms with E-state index in [1.807, 2.05) is 0 Å². The number of nitrogens with two attached hydrogens (primary N) is 1. The largest absolute Gasteiger partial charge is 0.478 e. The van der Waals surface area contributed by atoms with Crippen LogP contribution < -0.4 is 11.1 Å². The van der Waals surface area contributed by atoms with Crippen molar-refractivity contribution in [1.29, 1.82) is 5.41 Å². The third-order valence-corrected chi connectivity index (χ3v) is 3.92. The number of carboxylic acid groups (broad SMARTS) is 1. The number of nitrogens with zero attached hydrogens (tertiary/aromatic N) is 1. The van der Waals surface area contributed by atoms with Gasteiger partial charge in [-0.2, -0.15) is 8.42 Å². The minimum Gasteiger partial charge on any atom is -0.478 e. The topological polar surface area (TPSA) is 184 Å². The Morgan fingerprint density at radius 3 is 2.12 bits per heavy atom. The van der Waals surface area contributed by atoms with Crippen LogP contribution in [-0.4, -0.2) is 47.0 Å². The van der Waals surface area contributed by atoms with Gasteiger partial charge in [0.15, 0.2) is 0 Å². The highest BCUT2D eigenvalue weighted by molar-refractivity contribution is 7.85. The van der Waals surface area contributed by atoms with Crippen molar-refractivity contribution in [3.05, 3.63) is 83.7 Å². The second kappa shape index (κ2) is 10.3. The lowest BCUT2D eigenvalue weighted by molar-refractivity contribution is 0.0697. The molecule has 1 heterocycles. The Morgan fingerprint density at radius 1 is 1.00 bits per heavy atom. The molecule has 0 spiro atoms. The highest BCUT2D eigenvalue weighted by Gasteiger charge is 2.19. The van der Waals surface area contributed by atoms with Crippen LogP contribution in [0, 0.1) is 5.41 Å². The van der Waals surface area contributed by atoms with Gasteiger partial charge in [-0.15, -0.1) is 0 Å². The highest BCUT2D eigenvalue weighted by Crippen LogP contribution is 2.26. The number of carboxylic acids is 1. The molecule has 32 heavy (non-hydrogen) atoms. The molecule has 0 radical (unpaired) electrons. The van der Waals surface area contributed by atoms with Gasteiger partial charge in [-0.3, -0.25) is 19.7 Å². The van der Waals surface area contributed by atoms with Crippen molar-refractivity contribution in [2.75, 3.05) is 11.6 Å². The number of aromatic nitrogens is 1. The van der Waals surface area contributed by atoms with Gasteiger partial charge in [-0.1, -0.05) is 24.3 Å². The van der Waals surface area contributed by atoms with Crippen LogP contribution >= 0.6 is 0 Å². The smallest absolute Gasteiger partial charge is 0.336 e. The summed E-state index contributed by atoms with van der Waals surface area (Å²) >= 11 is 0. The van der Waals surface area contributed by atoms with Crippen molar-refractivity contribution in [1.82, 2.24) is 4.98 Å². The lowest BCUT2D eigenvalue weighted by Crippen LogP contribution is -2.16. The summed E-state index contributed by atoms with van der Waals surface area (Å²) in [6.45, 7) is 0. The number of anilines is 1. The van der Waals surface area contributed by atoms with Crippen LogP contribution in [0.25, 0.3) is 11.1 Å². The number of hydrogen-bond donors (Lipinski definition) is 5. The molecule has 0 saturated carbocycles. The standard InChI is InChI=1S/C20H16N4O3.CH4O3S/c21-18(22)12-7-9-13(10-8-12)24-19(25)17-15(6-3-11-23-17)14-4-1-2-5-16(14)20(26)27;1-5(2,3)4/h1-11H,(H3,21,22)(H,24,25)(H,26,27);1H3,(H,2,3,4). The first-order valence-corrected chi connectivity index (χ1v) is 10.8. The van der Waals surface area contributed by atoms with Crippen LogP contribution in [-0.2, 0) is 10.1 Å². The van der Waals surface area contributed by atoms with E-state index in [0.29, 0.717) is 28.6 Å². The summed E-state index contributed by atoms with van der Waals surface area (Å²) in [7, 11) is -3.67. The zero-order valence-electron chi connectivity index (χ0n) is 16.8. The van der Waals surface area contributed by atoms with Crippen LogP contribution in [0.1, 0.15) is 26.4 Å². The van der Waals surface area contributed by atoms with Crippen molar-refractivity contribution in [2.24, 2.45) is 5.73 Å². The summed E-state index contributed by atoms with van der Waals surface area (Å²) in [5.41, 5.74) is 7.51. The van der Waals surface area contributed by atoms with E-state index in [4.69, 9.17) is 15.7 Å². The van der Waals surface area contributed by atoms with E-state index in [9.17, 15) is 23.1 Å². The molecule has 2 aromatic carbocycles. The van der Waals surface area contributed by atoms with Crippen LogP contribution in [0.4, 0.5) is 5.69 Å². The number of amidine groups is 1. The first-order valence-electron chi connectivity index (χ1n) is 8.93. The summed E-state index contributed by atoms with van der Waals surface area (Å²) < 4.78 is 25.9. The summed E-state index contributed by atoms with van der Waals surface area (Å²) in [5, 5.41) is 19.5. The maximum Gasteiger partial charge on any atom is 0.336 e. The second-order valence-corrected chi connectivity index (χ2v) is 7.89. The zero-order valence-corrected chi connectivity index (χ0v) is 17.6. The van der Waals surface area contributed by atoms with Gasteiger partial charge in [0, 0.05) is 23.0 Å². The predicted octanol–water partition coefficient (Wildman–Crippen LogP) is 2.49. The fourth-order valence-electron chi connectivity index (χ4n) is 2.63. The maximum absolute atomic E-state index is 12.7. The lowest BCUT2D eigenvalue weighted by Gasteiger charge is -2.11. The molecule has 0 aliphatic heterocycles. The number of carbonyl (C=O) groups excluding carboxylic acids is 1. The molecule has 10 nitrogen and oxygen atoms in total. The van der Waals surface area contributed by atoms with Crippen molar-refractivity contribution in [2.45, 2.75) is 0 Å². The number of pyridine rings is 1. The van der Waals surface area contributed by atoms with Crippen molar-refractivity contribution < 1.29 is 27.7 Å². The van der Waals surface area contributed by atoms with Crippen molar-refractivity contribution >= 4 is 33.5 Å². The quantitative estimate of drug-likeness (QED) is 0.220. The van der Waals surface area contributed by atoms with Crippen LogP contribution in [0.15, 0.2) is 66.9 Å². The Morgan fingerprint density at radius 2 is 1.56 bits per heavy atom. The maximum atomic E-state index is 12.7. The second-order valence-electron chi connectivity index (χ2n) is 6.43. The molecule has 1 amide bonds. The Kier molecular flexibility index (Phi) is 7.77. The molecular formula is C21H20N4O6S. The van der Waals surface area contributed by atoms with Crippen LogP contribution in [0.5, 0.6) is 0 Å². The molecule has 3 aromatic rings. The van der Waals surface area contributed by atoms with Gasteiger partial charge in [0.25, 0.3) is 16.0 Å². The van der Waals surface area contributed by atoms with E-state index in [0.717, 1.165) is 0 Å². The van der Waals surface area contributed by atoms with Gasteiger partial charge in [0.05, 0.1) is 11.8 Å². The minimum atomic E-state index is -3.67. The van der Waals surface area contributed by atoms with E-state index in [1.165, 1.54) is 12.3 Å². The van der Waals surface area contributed by atoms with E-state index < -0.39 is 22.0 Å². The third kappa shape index (κ3) is 7.00. The summed E-state index contributed by atoms with van der Waals surface area (Å²) in [6.07, 6.45) is 2.19. The zero-order chi connectivity index (χ0) is 23.9. The molecule has 0 fully saturated rings. The molecule has 0 unspecified atom stereocenters. The molecule has 3 rings (SSSR count). The fourth-order valence-corrected chi connectivity index (χ4v) is 2.63. The Balaban J connectivity index is 0.000000654. The Hall–Kier alpha value is -4.09. The summed E-state index contributed by atoms with van der Waals surface area (Å²) in [5.74, 6) is -1.62. The van der Waals surface area contributed by atoms with Gasteiger partial charge in [0.2, 0.25) is 0 Å². The molecule has 1 aromatic heterocycles. The third-order valence-electron chi connectivity index (χ3n) is 3.92. The molecule has 6 N–H and O–H groups in total. The number of nitrogen functional groups attached to an aromatic ring is 1. The van der Waals surface area contributed by atoms with Gasteiger partial charge >= 0.3 is 5.97 Å². The number of nitrogens with one attached hydrogen (secondary N) is 2. The molecule has 0 aliphatic carbocycles. The number of amides is 1. The van der Waals surface area contributed by atoms with Gasteiger partial charge in [-0.25, -0.2) is 4.79 Å². The van der Waals surface area contributed by atoms with E-state index in [-0.39, 0.29) is 17.1 Å². The number of hydrogen-bond acceptors (Lipinski definition) is 6. The Labute approximate surface area is 184 Å². The number of aromatic carboxylic acids is 1. The molecule has 0 atom stereocenters. The lowest BCUT2D eigenvalue weighted by atomic mass is 9.98. The van der Waals surface area contributed by atoms with Crippen molar-refractivity contribution in [3.8, 4) is 11.1 Å². The average Bonchev–Trinajstić information content (AvgIpc) is 2.73. The molecule has 11 heteroatoms. The number of benzene rings is 2. The fraction of sp³-hybridized carbons (Fsp3) is 0.0476. The summed E-state index contributed by atoms with van der Waals surface area (Å²) in [6, 6.07) is 16.2. The van der Waals surface area contributed by atoms with Gasteiger partial charge in [0.1, 0.15) is 11.5 Å². The van der Waals surface area contributed by atoms with Crippen LogP contribution in [0.2, 0.25) is 0 Å². The van der Waals surface area contributed by atoms with E-state index in [2.05, 4.69) is 10.3 Å². The minimum absolute atomic E-state index is 0.0647. The molecule has 0 bridgehead atoms. The first-order chi connectivity index (χ1) is 15.0. The first kappa shape index (κ1) is 24.2. The number of rotatable bonds is 5. The molecule has 0 saturated heterocycles. The number of carbonyl (C=O) groups is 2. The van der Waals surface area contributed by atoms with Crippen LogP contribution in [0.3, 0.4) is 0 Å². The average molecular weight is 456 g/mol. The van der Waals surface area contributed by atoms with E-state index >= 15 is 0 Å². The SMILES string of the molecule is CS(=O)(=O)O.N=C(N)c1ccc(NC(=O)c2ncccc2-c2ccccc2C(=O)O)cc1. The monoisotopic (exact) mass is 456 g/mol. The van der Waals surface area contributed by atoms with Gasteiger partial charge in [-0.05, 0) is 42.0 Å². The normalized spacial score (nSPS) is 10.4. The van der Waals surface area contributed by atoms with Gasteiger partial charge < -0.3 is 16.2 Å². The Bertz CT molecular complexity index is 1250. The van der Waals surface area contributed by atoms with Crippen molar-refractivity contribution in [3.63, 3.8) is 0 Å².